The summed E-state index contributed by atoms with van der Waals surface area (Å²) in [5.41, 5.74) is 0. The number of rotatable bonds is 8. The normalized spacial score (nSPS) is 12.4. The molecule has 0 saturated heterocycles. The Hall–Kier alpha value is 0.719. The first-order valence-corrected chi connectivity index (χ1v) is 10.6. The molecule has 0 aromatic heterocycles. The van der Waals surface area contributed by atoms with Crippen LogP contribution in [0.4, 0.5) is 0 Å². The SMILES string of the molecule is CCCC[O][SnH]([O]CCCC)[C](C)(C)C. The fourth-order valence-corrected chi connectivity index (χ4v) is 6.52. The second kappa shape index (κ2) is 8.82. The molecule has 92 valence electrons. The quantitative estimate of drug-likeness (QED) is 0.502. The fraction of sp³-hybridized carbons (Fsp3) is 1.00. The molecular weight excluding hydrogens is 295 g/mol. The summed E-state index contributed by atoms with van der Waals surface area (Å²) in [6, 6.07) is 0. The van der Waals surface area contributed by atoms with Crippen LogP contribution in [0.15, 0.2) is 0 Å². The summed E-state index contributed by atoms with van der Waals surface area (Å²) < 4.78 is 12.2. The molecule has 0 aromatic carbocycles. The van der Waals surface area contributed by atoms with E-state index in [1.165, 1.54) is 25.7 Å². The molecule has 0 aromatic rings. The van der Waals surface area contributed by atoms with E-state index in [2.05, 4.69) is 34.6 Å². The molecule has 0 bridgehead atoms. The zero-order valence-corrected chi connectivity index (χ0v) is 14.4. The van der Waals surface area contributed by atoms with E-state index in [9.17, 15) is 0 Å². The Morgan fingerprint density at radius 1 is 0.867 bits per heavy atom. The Labute approximate surface area is 104 Å². The van der Waals surface area contributed by atoms with Crippen molar-refractivity contribution in [2.75, 3.05) is 13.2 Å². The van der Waals surface area contributed by atoms with Gasteiger partial charge in [0.15, 0.2) is 0 Å². The predicted octanol–water partition coefficient (Wildman–Crippen LogP) is 3.64. The van der Waals surface area contributed by atoms with Crippen LogP contribution < -0.4 is 0 Å². The van der Waals surface area contributed by atoms with Crippen molar-refractivity contribution in [1.29, 1.82) is 0 Å². The van der Waals surface area contributed by atoms with Crippen molar-refractivity contribution in [2.24, 2.45) is 0 Å². The summed E-state index contributed by atoms with van der Waals surface area (Å²) in [6.45, 7) is 13.0. The van der Waals surface area contributed by atoms with Gasteiger partial charge in [-0.2, -0.15) is 0 Å². The summed E-state index contributed by atoms with van der Waals surface area (Å²) in [6.07, 6.45) is 4.75. The second-order valence-electron chi connectivity index (χ2n) is 5.15. The molecule has 3 heteroatoms. The second-order valence-corrected chi connectivity index (χ2v) is 13.9. The first-order chi connectivity index (χ1) is 7.02. The van der Waals surface area contributed by atoms with Crippen LogP contribution in [0.1, 0.15) is 60.3 Å². The molecule has 0 heterocycles. The van der Waals surface area contributed by atoms with E-state index in [4.69, 9.17) is 6.15 Å². The first kappa shape index (κ1) is 15.7. The third kappa shape index (κ3) is 8.52. The molecule has 0 spiro atoms. The number of hydrogen-bond donors (Lipinski definition) is 0. The van der Waals surface area contributed by atoms with Gasteiger partial charge in [0.25, 0.3) is 0 Å². The van der Waals surface area contributed by atoms with Crippen molar-refractivity contribution in [2.45, 2.75) is 63.7 Å². The molecule has 0 saturated carbocycles. The maximum atomic E-state index is 5.98. The van der Waals surface area contributed by atoms with Crippen LogP contribution in [0, 0.1) is 0 Å². The Kier molecular flexibility index (Phi) is 9.25. The van der Waals surface area contributed by atoms with Gasteiger partial charge in [-0.15, -0.1) is 0 Å². The van der Waals surface area contributed by atoms with E-state index in [1.807, 2.05) is 0 Å². The summed E-state index contributed by atoms with van der Waals surface area (Å²) in [5, 5.41) is 0. The van der Waals surface area contributed by atoms with Crippen molar-refractivity contribution in [3.63, 3.8) is 0 Å². The Morgan fingerprint density at radius 3 is 1.53 bits per heavy atom. The standard InChI is InChI=1S/2C4H9O.C4H9.Sn.H/c2*1-2-3-4-5;1-4(2)3;;/h2*2-4H2,1H3;1-3H3;;/q2*-1;;+2;. The predicted molar refractivity (Wildman–Crippen MR) is 68.6 cm³/mol. The molecule has 0 amide bonds. The van der Waals surface area contributed by atoms with Gasteiger partial charge in [0.1, 0.15) is 0 Å². The van der Waals surface area contributed by atoms with Gasteiger partial charge in [-0.25, -0.2) is 0 Å². The van der Waals surface area contributed by atoms with E-state index in [0.29, 0.717) is 0 Å². The third-order valence-electron chi connectivity index (χ3n) is 2.24. The van der Waals surface area contributed by atoms with E-state index in [1.54, 1.807) is 0 Å². The zero-order valence-electron chi connectivity index (χ0n) is 11.1. The van der Waals surface area contributed by atoms with Crippen LogP contribution in [0.2, 0.25) is 3.43 Å². The van der Waals surface area contributed by atoms with E-state index >= 15 is 0 Å². The number of hydrogen-bond acceptors (Lipinski definition) is 2. The average molecular weight is 323 g/mol. The molecule has 0 aliphatic carbocycles. The van der Waals surface area contributed by atoms with Gasteiger partial charge in [-0.05, 0) is 0 Å². The minimum absolute atomic E-state index is 0.281. The maximum absolute atomic E-state index is 5.98. The third-order valence-corrected chi connectivity index (χ3v) is 9.35. The Bertz CT molecular complexity index is 133. The molecule has 0 aliphatic rings. The van der Waals surface area contributed by atoms with E-state index in [-0.39, 0.29) is 3.43 Å². The van der Waals surface area contributed by atoms with Gasteiger partial charge in [0.2, 0.25) is 0 Å². The van der Waals surface area contributed by atoms with Crippen LogP contribution in [0.3, 0.4) is 0 Å². The molecule has 0 rings (SSSR count). The molecular formula is C12H28O2Sn. The average Bonchev–Trinajstić information content (AvgIpc) is 2.14. The Balaban J connectivity index is 3.85. The van der Waals surface area contributed by atoms with Gasteiger partial charge >= 0.3 is 104 Å². The van der Waals surface area contributed by atoms with Crippen LogP contribution in [-0.4, -0.2) is 33.8 Å². The first-order valence-electron chi connectivity index (χ1n) is 6.25. The monoisotopic (exact) mass is 324 g/mol. The van der Waals surface area contributed by atoms with Gasteiger partial charge in [-0.3, -0.25) is 0 Å². The molecule has 0 unspecified atom stereocenters. The summed E-state index contributed by atoms with van der Waals surface area (Å²) >= 11 is -2.22. The molecule has 0 radical (unpaired) electrons. The van der Waals surface area contributed by atoms with Gasteiger partial charge in [0, 0.05) is 0 Å². The van der Waals surface area contributed by atoms with Crippen molar-refractivity contribution in [1.82, 2.24) is 0 Å². The fourth-order valence-electron chi connectivity index (χ4n) is 1.22. The van der Waals surface area contributed by atoms with Crippen molar-refractivity contribution in [3.05, 3.63) is 0 Å². The summed E-state index contributed by atoms with van der Waals surface area (Å²) in [4.78, 5) is 0. The molecule has 0 fully saturated rings. The van der Waals surface area contributed by atoms with Gasteiger partial charge in [-0.1, -0.05) is 0 Å². The molecule has 0 aliphatic heterocycles. The molecule has 0 atom stereocenters. The minimum atomic E-state index is -2.22. The topological polar surface area (TPSA) is 18.5 Å². The molecule has 2 nitrogen and oxygen atoms in total. The van der Waals surface area contributed by atoms with Crippen molar-refractivity contribution < 1.29 is 6.15 Å². The summed E-state index contributed by atoms with van der Waals surface area (Å²) in [5.74, 6) is 0. The van der Waals surface area contributed by atoms with Gasteiger partial charge < -0.3 is 0 Å². The molecule has 0 N–H and O–H groups in total. The Morgan fingerprint density at radius 2 is 1.27 bits per heavy atom. The van der Waals surface area contributed by atoms with Crippen molar-refractivity contribution >= 4 is 20.6 Å². The molecule has 15 heavy (non-hydrogen) atoms. The number of unbranched alkanes of at least 4 members (excludes halogenated alkanes) is 2. The van der Waals surface area contributed by atoms with Crippen LogP contribution in [0.25, 0.3) is 0 Å². The van der Waals surface area contributed by atoms with Gasteiger partial charge in [0.05, 0.1) is 0 Å². The summed E-state index contributed by atoms with van der Waals surface area (Å²) in [7, 11) is 0. The zero-order chi connectivity index (χ0) is 11.7. The van der Waals surface area contributed by atoms with Crippen molar-refractivity contribution in [3.8, 4) is 0 Å². The van der Waals surface area contributed by atoms with Crippen LogP contribution >= 0.6 is 0 Å². The van der Waals surface area contributed by atoms with Crippen LogP contribution in [0.5, 0.6) is 0 Å². The van der Waals surface area contributed by atoms with E-state index < -0.39 is 20.6 Å². The van der Waals surface area contributed by atoms with Crippen LogP contribution in [-0.2, 0) is 6.15 Å². The van der Waals surface area contributed by atoms with E-state index in [0.717, 1.165) is 13.2 Å².